The summed E-state index contributed by atoms with van der Waals surface area (Å²) in [4.78, 5) is 21.9. The van der Waals surface area contributed by atoms with Crippen molar-refractivity contribution in [2.75, 3.05) is 11.4 Å². The van der Waals surface area contributed by atoms with Crippen molar-refractivity contribution < 1.29 is 9.32 Å². The van der Waals surface area contributed by atoms with Crippen molar-refractivity contribution in [1.82, 2.24) is 15.1 Å². The molecule has 0 aliphatic carbocycles. The fraction of sp³-hybridized carbons (Fsp3) is 0.150. The van der Waals surface area contributed by atoms with Crippen LogP contribution < -0.4 is 4.90 Å². The molecule has 7 heteroatoms. The predicted molar refractivity (Wildman–Crippen MR) is 103 cm³/mol. The van der Waals surface area contributed by atoms with E-state index in [1.54, 1.807) is 11.0 Å². The second-order valence-corrected chi connectivity index (χ2v) is 6.97. The molecule has 2 aromatic heterocycles. The van der Waals surface area contributed by atoms with E-state index in [-0.39, 0.29) is 11.8 Å². The van der Waals surface area contributed by atoms with Gasteiger partial charge in [-0.05, 0) is 30.3 Å². The molecule has 3 heterocycles. The van der Waals surface area contributed by atoms with Crippen LogP contribution in [-0.2, 0) is 4.79 Å². The van der Waals surface area contributed by atoms with E-state index in [1.165, 1.54) is 0 Å². The molecule has 1 amide bonds. The average Bonchev–Trinajstić information content (AvgIpc) is 3.41. The number of para-hydroxylation sites is 1. The second-order valence-electron chi connectivity index (χ2n) is 6.56. The van der Waals surface area contributed by atoms with Crippen molar-refractivity contribution in [3.63, 3.8) is 0 Å². The Balaban J connectivity index is 1.45. The molecular weight excluding hydrogens is 364 g/mol. The number of hydrogen-bond donors (Lipinski definition) is 1. The summed E-state index contributed by atoms with van der Waals surface area (Å²) in [5, 5.41) is 5.72. The molecule has 0 radical (unpaired) electrons. The topological polar surface area (TPSA) is 75.0 Å². The number of benzene rings is 2. The van der Waals surface area contributed by atoms with Crippen LogP contribution in [0, 0.1) is 0 Å². The van der Waals surface area contributed by atoms with E-state index in [2.05, 4.69) is 15.1 Å². The summed E-state index contributed by atoms with van der Waals surface area (Å²) in [5.74, 6) is 0.878. The number of fused-ring (bicyclic) bond motifs is 1. The third-order valence-electron chi connectivity index (χ3n) is 4.90. The lowest BCUT2D eigenvalue weighted by Crippen LogP contribution is -2.24. The minimum atomic E-state index is -0.128. The minimum Gasteiger partial charge on any atom is -0.361 e. The van der Waals surface area contributed by atoms with Crippen LogP contribution in [0.3, 0.4) is 0 Å². The van der Waals surface area contributed by atoms with Gasteiger partial charge in [-0.25, -0.2) is 0 Å². The van der Waals surface area contributed by atoms with Crippen LogP contribution in [0.15, 0.2) is 59.3 Å². The third kappa shape index (κ3) is 2.69. The van der Waals surface area contributed by atoms with Crippen molar-refractivity contribution in [3.05, 3.63) is 65.6 Å². The van der Waals surface area contributed by atoms with E-state index in [0.717, 1.165) is 16.5 Å². The molecule has 27 heavy (non-hydrogen) atoms. The molecule has 134 valence electrons. The van der Waals surface area contributed by atoms with Gasteiger partial charge in [0.1, 0.15) is 0 Å². The Morgan fingerprint density at radius 2 is 2.04 bits per heavy atom. The number of carbonyl (C=O) groups is 1. The summed E-state index contributed by atoms with van der Waals surface area (Å²) in [5.41, 5.74) is 2.60. The number of carbonyl (C=O) groups excluding carboxylic acids is 1. The van der Waals surface area contributed by atoms with Gasteiger partial charge >= 0.3 is 0 Å². The molecular formula is C20H15ClN4O2. The summed E-state index contributed by atoms with van der Waals surface area (Å²) in [6.45, 7) is 0.482. The molecule has 6 nitrogen and oxygen atoms in total. The number of nitrogens with zero attached hydrogens (tertiary/aromatic N) is 3. The number of aromatic nitrogens is 3. The molecule has 0 bridgehead atoms. The molecule has 0 saturated carbocycles. The largest absolute Gasteiger partial charge is 0.361 e. The van der Waals surface area contributed by atoms with Crippen LogP contribution >= 0.6 is 11.6 Å². The number of anilines is 1. The zero-order valence-electron chi connectivity index (χ0n) is 14.2. The monoisotopic (exact) mass is 378 g/mol. The summed E-state index contributed by atoms with van der Waals surface area (Å²) in [6.07, 6.45) is 2.21. The lowest BCUT2D eigenvalue weighted by Gasteiger charge is -2.17. The number of aromatic amines is 1. The van der Waals surface area contributed by atoms with Gasteiger partial charge < -0.3 is 14.4 Å². The van der Waals surface area contributed by atoms with Crippen molar-refractivity contribution in [2.24, 2.45) is 0 Å². The van der Waals surface area contributed by atoms with Crippen molar-refractivity contribution in [2.45, 2.75) is 12.3 Å². The molecule has 0 spiro atoms. The second kappa shape index (κ2) is 6.25. The fourth-order valence-corrected chi connectivity index (χ4v) is 3.80. The van der Waals surface area contributed by atoms with Gasteiger partial charge in [0.05, 0.1) is 10.7 Å². The highest BCUT2D eigenvalue weighted by Crippen LogP contribution is 2.35. The number of amides is 1. The SMILES string of the molecule is O=C1CC(c2noc(-c3cccc4[nH]ccc34)n2)CN1c1ccccc1Cl. The standard InChI is InChI=1S/C20H15ClN4O2/c21-15-5-1-2-7-17(15)25-11-12(10-18(25)26)19-23-20(27-24-19)14-4-3-6-16-13(14)8-9-22-16/h1-9,12,22H,10-11H2. The summed E-state index contributed by atoms with van der Waals surface area (Å²) >= 11 is 6.25. The highest BCUT2D eigenvalue weighted by atomic mass is 35.5. The van der Waals surface area contributed by atoms with E-state index in [1.807, 2.05) is 48.7 Å². The van der Waals surface area contributed by atoms with Crippen molar-refractivity contribution >= 4 is 34.1 Å². The van der Waals surface area contributed by atoms with E-state index in [9.17, 15) is 4.79 Å². The fourth-order valence-electron chi connectivity index (χ4n) is 3.57. The zero-order valence-corrected chi connectivity index (χ0v) is 15.0. The van der Waals surface area contributed by atoms with Gasteiger partial charge in [-0.2, -0.15) is 4.98 Å². The maximum absolute atomic E-state index is 12.5. The lowest BCUT2D eigenvalue weighted by molar-refractivity contribution is -0.117. The van der Waals surface area contributed by atoms with E-state index >= 15 is 0 Å². The maximum atomic E-state index is 12.5. The molecule has 1 atom stereocenters. The van der Waals surface area contributed by atoms with Gasteiger partial charge in [0, 0.05) is 41.5 Å². The normalized spacial score (nSPS) is 17.1. The van der Waals surface area contributed by atoms with Crippen LogP contribution in [0.2, 0.25) is 5.02 Å². The Bertz CT molecular complexity index is 1150. The first-order valence-electron chi connectivity index (χ1n) is 8.65. The maximum Gasteiger partial charge on any atom is 0.258 e. The first kappa shape index (κ1) is 16.1. The van der Waals surface area contributed by atoms with E-state index < -0.39 is 0 Å². The molecule has 1 aliphatic rings. The predicted octanol–water partition coefficient (Wildman–Crippen LogP) is 4.39. The molecule has 1 saturated heterocycles. The van der Waals surface area contributed by atoms with Gasteiger partial charge in [-0.3, -0.25) is 4.79 Å². The minimum absolute atomic E-state index is 0.00665. The Morgan fingerprint density at radius 1 is 1.15 bits per heavy atom. The van der Waals surface area contributed by atoms with Crippen molar-refractivity contribution in [1.29, 1.82) is 0 Å². The molecule has 1 N–H and O–H groups in total. The number of nitrogens with one attached hydrogen (secondary N) is 1. The number of rotatable bonds is 3. The summed E-state index contributed by atoms with van der Waals surface area (Å²) in [7, 11) is 0. The van der Waals surface area contributed by atoms with Crippen LogP contribution in [-0.4, -0.2) is 27.6 Å². The van der Waals surface area contributed by atoms with E-state index in [4.69, 9.17) is 16.1 Å². The average molecular weight is 379 g/mol. The summed E-state index contributed by atoms with van der Waals surface area (Å²) in [6, 6.07) is 15.2. The quantitative estimate of drug-likeness (QED) is 0.573. The van der Waals surface area contributed by atoms with Crippen LogP contribution in [0.4, 0.5) is 5.69 Å². The Kier molecular flexibility index (Phi) is 3.72. The van der Waals surface area contributed by atoms with Crippen LogP contribution in [0.1, 0.15) is 18.2 Å². The highest BCUT2D eigenvalue weighted by Gasteiger charge is 2.35. The first-order chi connectivity index (χ1) is 13.2. The van der Waals surface area contributed by atoms with E-state index in [0.29, 0.717) is 35.4 Å². The number of halogens is 1. The molecule has 5 rings (SSSR count). The lowest BCUT2D eigenvalue weighted by atomic mass is 10.1. The van der Waals surface area contributed by atoms with Crippen LogP contribution in [0.5, 0.6) is 0 Å². The van der Waals surface area contributed by atoms with Gasteiger partial charge in [-0.1, -0.05) is 35.0 Å². The molecule has 2 aromatic carbocycles. The van der Waals surface area contributed by atoms with Gasteiger partial charge in [0.15, 0.2) is 5.82 Å². The van der Waals surface area contributed by atoms with Gasteiger partial charge in [0.25, 0.3) is 5.89 Å². The smallest absolute Gasteiger partial charge is 0.258 e. The Hall–Kier alpha value is -3.12. The first-order valence-corrected chi connectivity index (χ1v) is 9.03. The molecule has 4 aromatic rings. The third-order valence-corrected chi connectivity index (χ3v) is 5.22. The molecule has 1 fully saturated rings. The van der Waals surface area contributed by atoms with Crippen LogP contribution in [0.25, 0.3) is 22.4 Å². The summed E-state index contributed by atoms with van der Waals surface area (Å²) < 4.78 is 5.51. The Labute approximate surface area is 159 Å². The van der Waals surface area contributed by atoms with Gasteiger partial charge in [0.2, 0.25) is 5.91 Å². The number of H-pyrrole nitrogens is 1. The highest BCUT2D eigenvalue weighted by molar-refractivity contribution is 6.33. The van der Waals surface area contributed by atoms with Gasteiger partial charge in [-0.15, -0.1) is 0 Å². The molecule has 1 aliphatic heterocycles. The zero-order chi connectivity index (χ0) is 18.4. The van der Waals surface area contributed by atoms with Crippen molar-refractivity contribution in [3.8, 4) is 11.5 Å². The molecule has 1 unspecified atom stereocenters. The number of hydrogen-bond acceptors (Lipinski definition) is 4. The Morgan fingerprint density at radius 3 is 2.93 bits per heavy atom.